The topological polar surface area (TPSA) is 106 Å². The Morgan fingerprint density at radius 2 is 1.62 bits per heavy atom. The number of ether oxygens (including phenoxy) is 1. The van der Waals surface area contributed by atoms with E-state index in [0.717, 1.165) is 58.2 Å². The second-order valence-electron chi connectivity index (χ2n) is 9.70. The number of carbonyl (C=O) groups is 1. The van der Waals surface area contributed by atoms with Crippen LogP contribution in [0.5, 0.6) is 5.75 Å². The van der Waals surface area contributed by atoms with Crippen LogP contribution in [0.15, 0.2) is 95.7 Å². The third-order valence-corrected chi connectivity index (χ3v) is 6.29. The summed E-state index contributed by atoms with van der Waals surface area (Å²) in [6, 6.07) is 26.7. The maximum atomic E-state index is 12.2. The molecule has 0 atom stereocenters. The van der Waals surface area contributed by atoms with Crippen LogP contribution in [0, 0.1) is 0 Å². The number of furan rings is 1. The number of hydrogen-bond acceptors (Lipinski definition) is 6. The summed E-state index contributed by atoms with van der Waals surface area (Å²) < 4.78 is 11.8. The highest BCUT2D eigenvalue weighted by Gasteiger charge is 2.12. The molecule has 0 spiro atoms. The van der Waals surface area contributed by atoms with Crippen LogP contribution in [-0.2, 0) is 6.42 Å². The van der Waals surface area contributed by atoms with Crippen LogP contribution in [0.4, 0.5) is 22.0 Å². The fourth-order valence-electron chi connectivity index (χ4n) is 4.12. The molecular formula is C31H33N6O3+. The predicted octanol–water partition coefficient (Wildman–Crippen LogP) is 4.71. The molecule has 2 aromatic heterocycles. The molecule has 0 bridgehead atoms. The molecule has 0 aliphatic heterocycles. The minimum atomic E-state index is -0.280. The van der Waals surface area contributed by atoms with Crippen molar-refractivity contribution in [2.45, 2.75) is 6.42 Å². The molecular weight excluding hydrogens is 504 g/mol. The summed E-state index contributed by atoms with van der Waals surface area (Å²) in [5.74, 6) is 2.28. The first-order valence-electron chi connectivity index (χ1n) is 13.3. The van der Waals surface area contributed by atoms with Gasteiger partial charge in [0, 0.05) is 23.5 Å². The summed E-state index contributed by atoms with van der Waals surface area (Å²) in [7, 11) is 4.21. The van der Waals surface area contributed by atoms with Gasteiger partial charge >= 0.3 is 6.03 Å². The summed E-state index contributed by atoms with van der Waals surface area (Å²) in [5.41, 5.74) is 4.08. The number of para-hydroxylation sites is 1. The number of quaternary nitrogens is 1. The van der Waals surface area contributed by atoms with Crippen LogP contribution in [0.1, 0.15) is 5.56 Å². The van der Waals surface area contributed by atoms with Crippen molar-refractivity contribution in [3.05, 3.63) is 96.8 Å². The predicted molar refractivity (Wildman–Crippen MR) is 158 cm³/mol. The van der Waals surface area contributed by atoms with Gasteiger partial charge in [0.05, 0.1) is 19.5 Å². The average molecular weight is 538 g/mol. The number of aromatic nitrogens is 2. The average Bonchev–Trinajstić information content (AvgIpc) is 3.40. The number of likely N-dealkylation sites (N-methyl/N-ethyl adjacent to an activating group) is 1. The van der Waals surface area contributed by atoms with Gasteiger partial charge in [-0.1, -0.05) is 30.3 Å². The first-order valence-corrected chi connectivity index (χ1v) is 13.3. The summed E-state index contributed by atoms with van der Waals surface area (Å²) in [4.78, 5) is 22.3. The van der Waals surface area contributed by atoms with Gasteiger partial charge < -0.3 is 30.0 Å². The highest BCUT2D eigenvalue weighted by Crippen LogP contribution is 2.31. The van der Waals surface area contributed by atoms with Gasteiger partial charge in [-0.25, -0.2) is 14.8 Å². The first kappa shape index (κ1) is 26.7. The maximum absolute atomic E-state index is 12.2. The van der Waals surface area contributed by atoms with Crippen molar-refractivity contribution < 1.29 is 18.8 Å². The van der Waals surface area contributed by atoms with E-state index in [2.05, 4.69) is 40.0 Å². The number of urea groups is 1. The summed E-state index contributed by atoms with van der Waals surface area (Å²) in [6.07, 6.45) is 2.28. The summed E-state index contributed by atoms with van der Waals surface area (Å²) in [5, 5.41) is 9.89. The Kier molecular flexibility index (Phi) is 8.53. The molecule has 0 saturated carbocycles. The number of benzene rings is 3. The lowest BCUT2D eigenvalue weighted by Gasteiger charge is -2.09. The zero-order chi connectivity index (χ0) is 27.7. The number of hydrogen-bond donors (Lipinski definition) is 4. The van der Waals surface area contributed by atoms with Crippen molar-refractivity contribution in [3.63, 3.8) is 0 Å². The normalized spacial score (nSPS) is 11.0. The Balaban J connectivity index is 1.15. The Labute approximate surface area is 233 Å². The zero-order valence-electron chi connectivity index (χ0n) is 22.6. The maximum Gasteiger partial charge on any atom is 0.323 e. The Bertz CT molecular complexity index is 1530. The van der Waals surface area contributed by atoms with E-state index < -0.39 is 0 Å². The third kappa shape index (κ3) is 7.15. The number of nitrogens with zero attached hydrogens (tertiary/aromatic N) is 2. The van der Waals surface area contributed by atoms with Crippen LogP contribution in [0.3, 0.4) is 0 Å². The fraction of sp³-hybridized carbons (Fsp3) is 0.194. The van der Waals surface area contributed by atoms with Gasteiger partial charge in [0.2, 0.25) is 5.71 Å². The molecule has 9 heteroatoms. The van der Waals surface area contributed by atoms with Crippen LogP contribution >= 0.6 is 0 Å². The van der Waals surface area contributed by atoms with Gasteiger partial charge in [-0.2, -0.15) is 0 Å². The quantitative estimate of drug-likeness (QED) is 0.195. The number of anilines is 3. The SMILES string of the molecule is C[NH+](C)CCOc1ccc(-c2cc3c(NCCc4ccc(NC(=O)Nc5ccccc5)cc4)ncnc3o2)cc1. The van der Waals surface area contributed by atoms with Crippen molar-refractivity contribution >= 4 is 34.3 Å². The van der Waals surface area contributed by atoms with E-state index in [1.165, 1.54) is 11.2 Å². The van der Waals surface area contributed by atoms with Gasteiger partial charge in [-0.15, -0.1) is 0 Å². The molecule has 2 heterocycles. The smallest absolute Gasteiger partial charge is 0.323 e. The minimum Gasteiger partial charge on any atom is -0.488 e. The van der Waals surface area contributed by atoms with E-state index in [9.17, 15) is 4.79 Å². The number of carbonyl (C=O) groups excluding carboxylic acids is 1. The van der Waals surface area contributed by atoms with E-state index in [0.29, 0.717) is 18.9 Å². The Hall–Kier alpha value is -4.89. The number of rotatable bonds is 11. The van der Waals surface area contributed by atoms with E-state index in [4.69, 9.17) is 9.15 Å². The molecule has 204 valence electrons. The summed E-state index contributed by atoms with van der Waals surface area (Å²) in [6.45, 7) is 2.29. The lowest BCUT2D eigenvalue weighted by atomic mass is 10.1. The van der Waals surface area contributed by atoms with Crippen molar-refractivity contribution in [3.8, 4) is 17.1 Å². The van der Waals surface area contributed by atoms with Gasteiger partial charge in [0.1, 0.15) is 36.8 Å². The van der Waals surface area contributed by atoms with Crippen LogP contribution in [0.25, 0.3) is 22.4 Å². The molecule has 0 saturated heterocycles. The summed E-state index contributed by atoms with van der Waals surface area (Å²) >= 11 is 0. The van der Waals surface area contributed by atoms with Gasteiger partial charge in [-0.3, -0.25) is 0 Å². The van der Waals surface area contributed by atoms with Crippen molar-refractivity contribution in [1.82, 2.24) is 9.97 Å². The molecule has 0 fully saturated rings. The molecule has 9 nitrogen and oxygen atoms in total. The van der Waals surface area contributed by atoms with Crippen molar-refractivity contribution in [2.75, 3.05) is 49.7 Å². The molecule has 5 aromatic rings. The number of amides is 2. The molecule has 0 aliphatic rings. The van der Waals surface area contributed by atoms with E-state index in [1.807, 2.05) is 84.9 Å². The molecule has 5 rings (SSSR count). The number of nitrogens with one attached hydrogen (secondary N) is 4. The van der Waals surface area contributed by atoms with Crippen LogP contribution in [-0.4, -0.2) is 49.8 Å². The van der Waals surface area contributed by atoms with E-state index in [1.54, 1.807) is 0 Å². The second kappa shape index (κ2) is 12.8. The van der Waals surface area contributed by atoms with E-state index >= 15 is 0 Å². The molecule has 3 aromatic carbocycles. The largest absolute Gasteiger partial charge is 0.488 e. The second-order valence-corrected chi connectivity index (χ2v) is 9.70. The molecule has 2 amide bonds. The monoisotopic (exact) mass is 537 g/mol. The van der Waals surface area contributed by atoms with Crippen molar-refractivity contribution in [1.29, 1.82) is 0 Å². The van der Waals surface area contributed by atoms with Gasteiger partial charge in [0.25, 0.3) is 0 Å². The van der Waals surface area contributed by atoms with Gasteiger partial charge in [-0.05, 0) is 66.6 Å². The molecule has 0 aliphatic carbocycles. The Morgan fingerprint density at radius 3 is 2.35 bits per heavy atom. The van der Waals surface area contributed by atoms with Crippen LogP contribution in [0.2, 0.25) is 0 Å². The van der Waals surface area contributed by atoms with E-state index in [-0.39, 0.29) is 6.03 Å². The number of fused-ring (bicyclic) bond motifs is 1. The molecule has 40 heavy (non-hydrogen) atoms. The highest BCUT2D eigenvalue weighted by atomic mass is 16.5. The standard InChI is InChI=1S/C31H32N6O3/c1-37(2)18-19-39-26-14-10-23(11-15-26)28-20-27-29(33-21-34-30(27)40-28)32-17-16-22-8-12-25(13-9-22)36-31(38)35-24-6-4-3-5-7-24/h3-15,20-21H,16-19H2,1-2H3,(H,32,33,34)(H2,35,36,38)/p+1. The lowest BCUT2D eigenvalue weighted by molar-refractivity contribution is -0.858. The Morgan fingerprint density at radius 1 is 0.900 bits per heavy atom. The molecule has 0 radical (unpaired) electrons. The molecule has 0 unspecified atom stereocenters. The third-order valence-electron chi connectivity index (χ3n) is 6.29. The van der Waals surface area contributed by atoms with Crippen molar-refractivity contribution in [2.24, 2.45) is 0 Å². The van der Waals surface area contributed by atoms with Crippen LogP contribution < -0.4 is 25.6 Å². The zero-order valence-corrected chi connectivity index (χ0v) is 22.6. The molecule has 4 N–H and O–H groups in total. The minimum absolute atomic E-state index is 0.280. The first-order chi connectivity index (χ1) is 19.5. The fourth-order valence-corrected chi connectivity index (χ4v) is 4.12. The highest BCUT2D eigenvalue weighted by molar-refractivity contribution is 5.99. The van der Waals surface area contributed by atoms with Gasteiger partial charge in [0.15, 0.2) is 0 Å². The lowest BCUT2D eigenvalue weighted by Crippen LogP contribution is -3.06.